The van der Waals surface area contributed by atoms with Gasteiger partial charge in [0.2, 0.25) is 13.3 Å². The van der Waals surface area contributed by atoms with Crippen molar-refractivity contribution in [1.82, 2.24) is 0 Å². The molecular formula is C18H25B2FNO2P. The van der Waals surface area contributed by atoms with E-state index >= 15 is 0 Å². The second-order valence-corrected chi connectivity index (χ2v) is 7.85. The number of nitrogens with zero attached hydrogens (tertiary/aromatic N) is 1. The summed E-state index contributed by atoms with van der Waals surface area (Å²) in [5.41, 5.74) is 3.68. The molecule has 2 atom stereocenters. The second kappa shape index (κ2) is 8.23. The summed E-state index contributed by atoms with van der Waals surface area (Å²) >= 11 is 0. The molecule has 0 spiro atoms. The van der Waals surface area contributed by atoms with Gasteiger partial charge in [-0.25, -0.2) is 4.39 Å². The lowest BCUT2D eigenvalue weighted by Crippen LogP contribution is -2.21. The highest BCUT2D eigenvalue weighted by atomic mass is 31.0. The van der Waals surface area contributed by atoms with Crippen molar-refractivity contribution in [1.29, 1.82) is 0 Å². The molecule has 25 heavy (non-hydrogen) atoms. The fourth-order valence-electron chi connectivity index (χ4n) is 2.60. The van der Waals surface area contributed by atoms with Gasteiger partial charge < -0.3 is 9.47 Å². The Morgan fingerprint density at radius 2 is 1.92 bits per heavy atom. The molecular weight excluding hydrogens is 334 g/mol. The van der Waals surface area contributed by atoms with Gasteiger partial charge in [-0.15, -0.1) is 0 Å². The van der Waals surface area contributed by atoms with E-state index in [2.05, 4.69) is 19.8 Å². The highest BCUT2D eigenvalue weighted by molar-refractivity contribution is 7.21. The molecule has 2 unspecified atom stereocenters. The van der Waals surface area contributed by atoms with Gasteiger partial charge in [-0.1, -0.05) is 26.8 Å². The van der Waals surface area contributed by atoms with Crippen LogP contribution in [-0.4, -0.2) is 26.9 Å². The predicted molar refractivity (Wildman–Crippen MR) is 110 cm³/mol. The van der Waals surface area contributed by atoms with E-state index in [4.69, 9.17) is 9.47 Å². The summed E-state index contributed by atoms with van der Waals surface area (Å²) in [7, 11) is 5.47. The van der Waals surface area contributed by atoms with E-state index in [0.717, 1.165) is 35.6 Å². The first-order valence-corrected chi connectivity index (χ1v) is 9.04. The number of alkyl halides is 1. The molecule has 0 radical (unpaired) electrons. The maximum absolute atomic E-state index is 13.5. The first-order valence-electron chi connectivity index (χ1n) is 8.46. The summed E-state index contributed by atoms with van der Waals surface area (Å²) < 4.78 is 24.8. The normalized spacial score (nSPS) is 17.2. The molecule has 1 aliphatic carbocycles. The van der Waals surface area contributed by atoms with Crippen LogP contribution in [0.15, 0.2) is 51.8 Å². The van der Waals surface area contributed by atoms with Crippen molar-refractivity contribution in [2.75, 3.05) is 0 Å². The Morgan fingerprint density at radius 3 is 2.48 bits per heavy atom. The molecule has 1 aromatic rings. The minimum Gasteiger partial charge on any atom is -0.488 e. The zero-order valence-corrected chi connectivity index (χ0v) is 16.8. The molecule has 0 bridgehead atoms. The summed E-state index contributed by atoms with van der Waals surface area (Å²) in [5, 5.41) is 0. The molecule has 0 N–H and O–H groups in total. The Bertz CT molecular complexity index is 718. The third-order valence-corrected chi connectivity index (χ3v) is 3.96. The maximum atomic E-state index is 13.5. The predicted octanol–water partition coefficient (Wildman–Crippen LogP) is 3.06. The Labute approximate surface area is 153 Å². The highest BCUT2D eigenvalue weighted by Gasteiger charge is 2.19. The molecule has 0 aliphatic heterocycles. The number of hydrogen-bond donors (Lipinski definition) is 0. The molecule has 0 fully saturated rings. The molecule has 7 heteroatoms. The van der Waals surface area contributed by atoms with Crippen LogP contribution in [0.25, 0.3) is 0 Å². The van der Waals surface area contributed by atoms with Crippen molar-refractivity contribution >= 4 is 30.6 Å². The average Bonchev–Trinajstić information content (AvgIpc) is 2.50. The van der Waals surface area contributed by atoms with E-state index in [0.29, 0.717) is 12.4 Å². The van der Waals surface area contributed by atoms with Gasteiger partial charge in [0.05, 0.1) is 0 Å². The van der Waals surface area contributed by atoms with Crippen molar-refractivity contribution < 1.29 is 13.9 Å². The van der Waals surface area contributed by atoms with Crippen LogP contribution in [0.2, 0.25) is 0 Å². The second-order valence-electron chi connectivity index (χ2n) is 6.82. The molecule has 0 saturated carbocycles. The van der Waals surface area contributed by atoms with E-state index in [1.54, 1.807) is 12.1 Å². The first kappa shape index (κ1) is 19.8. The Balaban J connectivity index is 2.10. The van der Waals surface area contributed by atoms with Gasteiger partial charge >= 0.3 is 0 Å². The number of benzene rings is 1. The van der Waals surface area contributed by atoms with Crippen molar-refractivity contribution in [2.24, 2.45) is 4.99 Å². The summed E-state index contributed by atoms with van der Waals surface area (Å²) in [5.74, 6) is 1.37. The average molecular weight is 359 g/mol. The van der Waals surface area contributed by atoms with E-state index in [-0.39, 0.29) is 0 Å². The quantitative estimate of drug-likeness (QED) is 0.444. The smallest absolute Gasteiger partial charge is 0.215 e. The van der Waals surface area contributed by atoms with Gasteiger partial charge in [-0.3, -0.25) is 4.99 Å². The summed E-state index contributed by atoms with van der Waals surface area (Å²) in [6.45, 7) is 6.53. The third kappa shape index (κ3) is 6.04. The molecule has 132 valence electrons. The number of ether oxygens (including phenoxy) is 2. The third-order valence-electron chi connectivity index (χ3n) is 3.84. The van der Waals surface area contributed by atoms with Crippen LogP contribution in [0.3, 0.4) is 0 Å². The van der Waals surface area contributed by atoms with Crippen LogP contribution in [0.5, 0.6) is 5.75 Å². The van der Waals surface area contributed by atoms with Gasteiger partial charge in [0.15, 0.2) is 0 Å². The Morgan fingerprint density at radius 1 is 1.28 bits per heavy atom. The van der Waals surface area contributed by atoms with E-state index < -0.39 is 5.50 Å². The zero-order valence-electron chi connectivity index (χ0n) is 15.6. The number of aliphatic imine (C=N–C) groups is 1. The monoisotopic (exact) mass is 359 g/mol. The summed E-state index contributed by atoms with van der Waals surface area (Å²) in [6, 6.07) is 7.27. The van der Waals surface area contributed by atoms with Crippen LogP contribution >= 0.6 is 9.24 Å². The van der Waals surface area contributed by atoms with Crippen molar-refractivity contribution in [2.45, 2.75) is 45.7 Å². The summed E-state index contributed by atoms with van der Waals surface area (Å²) in [4.78, 5) is 4.67. The van der Waals surface area contributed by atoms with E-state index in [1.807, 2.05) is 35.2 Å². The largest absolute Gasteiger partial charge is 0.488 e. The molecule has 0 heterocycles. The zero-order chi connectivity index (χ0) is 18.6. The molecule has 1 aliphatic rings. The van der Waals surface area contributed by atoms with E-state index in [9.17, 15) is 4.39 Å². The van der Waals surface area contributed by atoms with Crippen molar-refractivity contribution in [3.05, 3.63) is 52.3 Å². The lowest BCUT2D eigenvalue weighted by molar-refractivity contribution is 0.110. The fraction of sp³-hybridized carbons (Fsp3) is 0.389. The number of rotatable bonds is 6. The lowest BCUT2D eigenvalue weighted by atomic mass is 9.83. The minimum atomic E-state index is -1.77. The van der Waals surface area contributed by atoms with Crippen LogP contribution < -0.4 is 4.74 Å². The Kier molecular flexibility index (Phi) is 6.51. The van der Waals surface area contributed by atoms with Gasteiger partial charge in [0.1, 0.15) is 31.7 Å². The topological polar surface area (TPSA) is 30.8 Å². The standard InChI is InChI=1S/C18H25B2FNO2P/c1-11(2)22-16-12(3)4-9-15(19)17(16)23-10-13-5-7-14(8-6-13)24-18(20,21)25/h5-8H,4,9-10,19-20,25H2,1-3H3. The van der Waals surface area contributed by atoms with Crippen molar-refractivity contribution in [3.63, 3.8) is 0 Å². The van der Waals surface area contributed by atoms with Crippen LogP contribution in [0.1, 0.15) is 39.2 Å². The van der Waals surface area contributed by atoms with Crippen LogP contribution in [0, 0.1) is 0 Å². The molecule has 1 aromatic carbocycles. The SMILES string of the molecule is BC1=C(OCc2ccc(OC(B)(F)P)cc2)C(N=C(C)C)=C(C)CC1. The van der Waals surface area contributed by atoms with Gasteiger partial charge in [0.25, 0.3) is 0 Å². The molecule has 2 rings (SSSR count). The van der Waals surface area contributed by atoms with Crippen LogP contribution in [-0.2, 0) is 11.3 Å². The fourth-order valence-corrected chi connectivity index (χ4v) is 2.74. The first-order chi connectivity index (χ1) is 11.7. The van der Waals surface area contributed by atoms with Gasteiger partial charge in [-0.05, 0) is 56.9 Å². The number of hydrogen-bond acceptors (Lipinski definition) is 3. The number of halogens is 1. The van der Waals surface area contributed by atoms with Crippen LogP contribution in [0.4, 0.5) is 4.39 Å². The minimum absolute atomic E-state index is 0.440. The molecule has 0 aromatic heterocycles. The summed E-state index contributed by atoms with van der Waals surface area (Å²) in [6.07, 6.45) is 2.02. The highest BCUT2D eigenvalue weighted by Crippen LogP contribution is 2.31. The van der Waals surface area contributed by atoms with Gasteiger partial charge in [-0.2, -0.15) is 0 Å². The van der Waals surface area contributed by atoms with Crippen molar-refractivity contribution in [3.8, 4) is 5.75 Å². The lowest BCUT2D eigenvalue weighted by Gasteiger charge is -2.22. The maximum Gasteiger partial charge on any atom is 0.215 e. The number of allylic oxidation sites excluding steroid dienone is 2. The molecule has 3 nitrogen and oxygen atoms in total. The Hall–Kier alpha value is -1.54. The van der Waals surface area contributed by atoms with Gasteiger partial charge in [0, 0.05) is 5.71 Å². The molecule has 0 saturated heterocycles. The molecule has 0 amide bonds. The van der Waals surface area contributed by atoms with E-state index in [1.165, 1.54) is 18.9 Å².